The Labute approximate surface area is 102 Å². The summed E-state index contributed by atoms with van der Waals surface area (Å²) in [5.41, 5.74) is 6.44. The first-order chi connectivity index (χ1) is 7.99. The average molecular weight is 241 g/mol. The SMILES string of the molecule is COc1cc(F)c([C@@H](N)CC(C)C)cc1OC. The van der Waals surface area contributed by atoms with Crippen molar-refractivity contribution in [1.29, 1.82) is 0 Å². The highest BCUT2D eigenvalue weighted by Crippen LogP contribution is 2.33. The van der Waals surface area contributed by atoms with Gasteiger partial charge in [-0.05, 0) is 18.4 Å². The van der Waals surface area contributed by atoms with Gasteiger partial charge in [0.15, 0.2) is 11.5 Å². The zero-order chi connectivity index (χ0) is 13.0. The van der Waals surface area contributed by atoms with Crippen LogP contribution in [-0.2, 0) is 0 Å². The molecule has 0 unspecified atom stereocenters. The van der Waals surface area contributed by atoms with Crippen LogP contribution >= 0.6 is 0 Å². The predicted molar refractivity (Wildman–Crippen MR) is 65.9 cm³/mol. The van der Waals surface area contributed by atoms with Gasteiger partial charge in [0, 0.05) is 17.7 Å². The Morgan fingerprint density at radius 1 is 1.18 bits per heavy atom. The second-order valence-corrected chi connectivity index (χ2v) is 4.46. The molecule has 0 fully saturated rings. The van der Waals surface area contributed by atoms with Crippen molar-refractivity contribution in [3.05, 3.63) is 23.5 Å². The summed E-state index contributed by atoms with van der Waals surface area (Å²) in [6.07, 6.45) is 0.729. The third kappa shape index (κ3) is 3.33. The highest BCUT2D eigenvalue weighted by Gasteiger charge is 2.17. The largest absolute Gasteiger partial charge is 0.493 e. The van der Waals surface area contributed by atoms with Crippen molar-refractivity contribution in [2.75, 3.05) is 14.2 Å². The lowest BCUT2D eigenvalue weighted by Crippen LogP contribution is -2.15. The van der Waals surface area contributed by atoms with Gasteiger partial charge in [-0.25, -0.2) is 4.39 Å². The van der Waals surface area contributed by atoms with Crippen LogP contribution in [0.2, 0.25) is 0 Å². The summed E-state index contributed by atoms with van der Waals surface area (Å²) in [5.74, 6) is 0.946. The van der Waals surface area contributed by atoms with Crippen molar-refractivity contribution in [2.45, 2.75) is 26.3 Å². The summed E-state index contributed by atoms with van der Waals surface area (Å²) in [6, 6.07) is 2.60. The zero-order valence-electron chi connectivity index (χ0n) is 10.8. The molecule has 0 bridgehead atoms. The lowest BCUT2D eigenvalue weighted by molar-refractivity contribution is 0.350. The molecule has 0 aliphatic rings. The van der Waals surface area contributed by atoms with Crippen LogP contribution in [0.4, 0.5) is 4.39 Å². The molecule has 0 saturated heterocycles. The van der Waals surface area contributed by atoms with E-state index in [9.17, 15) is 4.39 Å². The lowest BCUT2D eigenvalue weighted by atomic mass is 9.97. The van der Waals surface area contributed by atoms with Gasteiger partial charge >= 0.3 is 0 Å². The minimum Gasteiger partial charge on any atom is -0.493 e. The standard InChI is InChI=1S/C13H20FNO2/c1-8(2)5-11(15)9-6-12(16-3)13(17-4)7-10(9)14/h6-8,11H,5,15H2,1-4H3/t11-/m0/s1. The maximum absolute atomic E-state index is 13.8. The molecule has 0 aliphatic carbocycles. The van der Waals surface area contributed by atoms with Gasteiger partial charge in [-0.15, -0.1) is 0 Å². The van der Waals surface area contributed by atoms with E-state index in [1.807, 2.05) is 0 Å². The maximum atomic E-state index is 13.8. The van der Waals surface area contributed by atoms with Crippen molar-refractivity contribution in [2.24, 2.45) is 11.7 Å². The van der Waals surface area contributed by atoms with Crippen LogP contribution in [0.25, 0.3) is 0 Å². The molecule has 0 radical (unpaired) electrons. The number of hydrogen-bond acceptors (Lipinski definition) is 3. The van der Waals surface area contributed by atoms with Crippen LogP contribution in [-0.4, -0.2) is 14.2 Å². The van der Waals surface area contributed by atoms with E-state index in [-0.39, 0.29) is 11.9 Å². The highest BCUT2D eigenvalue weighted by atomic mass is 19.1. The van der Waals surface area contributed by atoms with Crippen LogP contribution in [0.3, 0.4) is 0 Å². The molecule has 1 atom stereocenters. The molecular formula is C13H20FNO2. The summed E-state index contributed by atoms with van der Waals surface area (Å²) >= 11 is 0. The average Bonchev–Trinajstić information content (AvgIpc) is 2.27. The molecule has 1 aromatic rings. The molecule has 96 valence electrons. The van der Waals surface area contributed by atoms with Gasteiger partial charge in [-0.1, -0.05) is 13.8 Å². The smallest absolute Gasteiger partial charge is 0.163 e. The van der Waals surface area contributed by atoms with E-state index in [1.165, 1.54) is 20.3 Å². The zero-order valence-corrected chi connectivity index (χ0v) is 10.8. The van der Waals surface area contributed by atoms with E-state index >= 15 is 0 Å². The first-order valence-electron chi connectivity index (χ1n) is 5.66. The number of rotatable bonds is 5. The fraction of sp³-hybridized carbons (Fsp3) is 0.538. The molecule has 0 spiro atoms. The molecule has 0 heterocycles. The Bertz CT molecular complexity index is 380. The van der Waals surface area contributed by atoms with Gasteiger partial charge < -0.3 is 15.2 Å². The van der Waals surface area contributed by atoms with Gasteiger partial charge in [0.05, 0.1) is 14.2 Å². The van der Waals surface area contributed by atoms with Crippen molar-refractivity contribution in [1.82, 2.24) is 0 Å². The molecule has 1 rings (SSSR count). The number of hydrogen-bond donors (Lipinski definition) is 1. The first kappa shape index (κ1) is 13.8. The first-order valence-corrected chi connectivity index (χ1v) is 5.66. The minimum atomic E-state index is -0.351. The minimum absolute atomic E-state index is 0.324. The molecule has 0 saturated carbocycles. The van der Waals surface area contributed by atoms with E-state index in [4.69, 9.17) is 15.2 Å². The van der Waals surface area contributed by atoms with Gasteiger partial charge in [0.1, 0.15) is 5.82 Å². The second-order valence-electron chi connectivity index (χ2n) is 4.46. The van der Waals surface area contributed by atoms with Gasteiger partial charge in [0.25, 0.3) is 0 Å². The quantitative estimate of drug-likeness (QED) is 0.862. The second kappa shape index (κ2) is 5.87. The third-order valence-electron chi connectivity index (χ3n) is 2.63. The topological polar surface area (TPSA) is 44.5 Å². The Kier molecular flexibility index (Phi) is 4.75. The van der Waals surface area contributed by atoms with E-state index < -0.39 is 0 Å². The Morgan fingerprint density at radius 2 is 1.71 bits per heavy atom. The molecule has 0 aromatic heterocycles. The van der Waals surface area contributed by atoms with Crippen molar-refractivity contribution >= 4 is 0 Å². The summed E-state index contributed by atoms with van der Waals surface area (Å²) in [4.78, 5) is 0. The number of ether oxygens (including phenoxy) is 2. The number of methoxy groups -OCH3 is 2. The predicted octanol–water partition coefficient (Wildman–Crippen LogP) is 2.89. The van der Waals surface area contributed by atoms with Crippen LogP contribution < -0.4 is 15.2 Å². The monoisotopic (exact) mass is 241 g/mol. The lowest BCUT2D eigenvalue weighted by Gasteiger charge is -2.17. The summed E-state index contributed by atoms with van der Waals surface area (Å²) < 4.78 is 24.0. The Morgan fingerprint density at radius 3 is 2.18 bits per heavy atom. The molecule has 1 aromatic carbocycles. The Hall–Kier alpha value is -1.29. The van der Waals surface area contributed by atoms with Crippen LogP contribution in [0.5, 0.6) is 11.5 Å². The van der Waals surface area contributed by atoms with Crippen LogP contribution in [0, 0.1) is 11.7 Å². The van der Waals surface area contributed by atoms with E-state index in [2.05, 4.69) is 13.8 Å². The number of halogens is 1. The number of benzene rings is 1. The van der Waals surface area contributed by atoms with Crippen LogP contribution in [0.1, 0.15) is 31.9 Å². The molecule has 2 N–H and O–H groups in total. The van der Waals surface area contributed by atoms with Crippen molar-refractivity contribution in [3.8, 4) is 11.5 Å². The normalized spacial score (nSPS) is 12.6. The Balaban J connectivity index is 3.07. The van der Waals surface area contributed by atoms with Gasteiger partial charge in [-0.2, -0.15) is 0 Å². The molecule has 4 heteroatoms. The van der Waals surface area contributed by atoms with E-state index in [1.54, 1.807) is 6.07 Å². The fourth-order valence-corrected chi connectivity index (χ4v) is 1.79. The summed E-state index contributed by atoms with van der Waals surface area (Å²) in [6.45, 7) is 4.11. The molecule has 0 aliphatic heterocycles. The maximum Gasteiger partial charge on any atom is 0.163 e. The molecular weight excluding hydrogens is 221 g/mol. The molecule has 17 heavy (non-hydrogen) atoms. The third-order valence-corrected chi connectivity index (χ3v) is 2.63. The van der Waals surface area contributed by atoms with Crippen molar-refractivity contribution < 1.29 is 13.9 Å². The fourth-order valence-electron chi connectivity index (χ4n) is 1.79. The number of nitrogens with two attached hydrogens (primary N) is 1. The van der Waals surface area contributed by atoms with E-state index in [0.29, 0.717) is 23.0 Å². The van der Waals surface area contributed by atoms with Crippen molar-refractivity contribution in [3.63, 3.8) is 0 Å². The summed E-state index contributed by atoms with van der Waals surface area (Å²) in [7, 11) is 3.00. The van der Waals surface area contributed by atoms with Gasteiger partial charge in [-0.3, -0.25) is 0 Å². The summed E-state index contributed by atoms with van der Waals surface area (Å²) in [5, 5.41) is 0. The molecule has 0 amide bonds. The van der Waals surface area contributed by atoms with Crippen LogP contribution in [0.15, 0.2) is 12.1 Å². The highest BCUT2D eigenvalue weighted by molar-refractivity contribution is 5.44. The molecule has 3 nitrogen and oxygen atoms in total. The van der Waals surface area contributed by atoms with Gasteiger partial charge in [0.2, 0.25) is 0 Å². The van der Waals surface area contributed by atoms with E-state index in [0.717, 1.165) is 6.42 Å².